The monoisotopic (exact) mass is 384 g/mol. The lowest BCUT2D eigenvalue weighted by molar-refractivity contribution is 0.748. The van der Waals surface area contributed by atoms with Crippen LogP contribution in [0, 0.1) is 3.57 Å². The van der Waals surface area contributed by atoms with Gasteiger partial charge in [-0.25, -0.2) is 4.98 Å². The fraction of sp³-hybridized carbons (Fsp3) is 0.286. The van der Waals surface area contributed by atoms with E-state index in [1.807, 2.05) is 46.9 Å². The van der Waals surface area contributed by atoms with Crippen LogP contribution in [-0.4, -0.2) is 16.5 Å². The maximum absolute atomic E-state index is 11.7. The molecule has 1 aromatic heterocycles. The lowest BCUT2D eigenvalue weighted by Crippen LogP contribution is -2.28. The normalized spacial score (nSPS) is 10.5. The highest BCUT2D eigenvalue weighted by molar-refractivity contribution is 14.1. The minimum absolute atomic E-state index is 0.107. The molecular formula is C14H17IN4O. The first-order valence-corrected chi connectivity index (χ1v) is 7.52. The van der Waals surface area contributed by atoms with E-state index in [-0.39, 0.29) is 5.56 Å². The van der Waals surface area contributed by atoms with E-state index in [1.165, 1.54) is 6.33 Å². The average molecular weight is 384 g/mol. The fourth-order valence-electron chi connectivity index (χ4n) is 2.04. The van der Waals surface area contributed by atoms with Gasteiger partial charge in [-0.15, -0.1) is 0 Å². The number of nitrogens with zero attached hydrogens (tertiary/aromatic N) is 2. The number of aromatic amines is 1. The van der Waals surface area contributed by atoms with E-state index in [4.69, 9.17) is 5.73 Å². The number of benzene rings is 1. The first-order valence-electron chi connectivity index (χ1n) is 6.44. The second-order valence-electron chi connectivity index (χ2n) is 4.54. The van der Waals surface area contributed by atoms with Crippen LogP contribution in [0.25, 0.3) is 0 Å². The van der Waals surface area contributed by atoms with Crippen LogP contribution in [0.4, 0.5) is 11.5 Å². The summed E-state index contributed by atoms with van der Waals surface area (Å²) in [6.45, 7) is 3.62. The summed E-state index contributed by atoms with van der Waals surface area (Å²) < 4.78 is 0.613. The van der Waals surface area contributed by atoms with Gasteiger partial charge in [0, 0.05) is 18.8 Å². The van der Waals surface area contributed by atoms with Crippen molar-refractivity contribution in [3.05, 3.63) is 50.1 Å². The zero-order valence-corrected chi connectivity index (χ0v) is 13.4. The molecule has 0 aliphatic heterocycles. The average Bonchev–Trinajstić information content (AvgIpc) is 2.42. The van der Waals surface area contributed by atoms with Gasteiger partial charge in [0.2, 0.25) is 0 Å². The van der Waals surface area contributed by atoms with Crippen molar-refractivity contribution in [1.29, 1.82) is 0 Å². The number of nitrogen functional groups attached to an aromatic ring is 1. The minimum atomic E-state index is -0.107. The molecule has 1 heterocycles. The van der Waals surface area contributed by atoms with Crippen LogP contribution >= 0.6 is 22.6 Å². The van der Waals surface area contributed by atoms with Crippen LogP contribution in [0.5, 0.6) is 0 Å². The van der Waals surface area contributed by atoms with Gasteiger partial charge in [-0.3, -0.25) is 4.79 Å². The highest BCUT2D eigenvalue weighted by Crippen LogP contribution is 2.19. The summed E-state index contributed by atoms with van der Waals surface area (Å²) in [5.41, 5.74) is 7.55. The molecule has 5 nitrogen and oxygen atoms in total. The molecule has 0 bridgehead atoms. The highest BCUT2D eigenvalue weighted by atomic mass is 127. The third-order valence-electron chi connectivity index (χ3n) is 2.90. The summed E-state index contributed by atoms with van der Waals surface area (Å²) >= 11 is 2.04. The third kappa shape index (κ3) is 3.50. The first kappa shape index (κ1) is 14.8. The molecule has 20 heavy (non-hydrogen) atoms. The van der Waals surface area contributed by atoms with E-state index >= 15 is 0 Å². The molecule has 0 aliphatic rings. The van der Waals surface area contributed by atoms with Crippen molar-refractivity contribution in [2.75, 3.05) is 17.2 Å². The Labute approximate surface area is 131 Å². The van der Waals surface area contributed by atoms with Crippen molar-refractivity contribution in [2.45, 2.75) is 19.9 Å². The SMILES string of the molecule is CCCN(Cc1cccc(N)c1)c1nc[nH]c(=O)c1I. The van der Waals surface area contributed by atoms with E-state index in [0.717, 1.165) is 30.0 Å². The first-order chi connectivity index (χ1) is 9.61. The maximum atomic E-state index is 11.7. The van der Waals surface area contributed by atoms with Crippen molar-refractivity contribution in [3.63, 3.8) is 0 Å². The van der Waals surface area contributed by atoms with Gasteiger partial charge in [0.25, 0.3) is 5.56 Å². The molecule has 2 rings (SSSR count). The zero-order chi connectivity index (χ0) is 14.5. The fourth-order valence-corrected chi connectivity index (χ4v) is 2.67. The lowest BCUT2D eigenvalue weighted by atomic mass is 10.2. The van der Waals surface area contributed by atoms with Gasteiger partial charge >= 0.3 is 0 Å². The number of hydrogen-bond acceptors (Lipinski definition) is 4. The number of rotatable bonds is 5. The molecule has 3 N–H and O–H groups in total. The Morgan fingerprint density at radius 2 is 2.25 bits per heavy atom. The molecule has 0 unspecified atom stereocenters. The molecule has 0 saturated heterocycles. The number of nitrogens with one attached hydrogen (secondary N) is 1. The molecule has 0 spiro atoms. The lowest BCUT2D eigenvalue weighted by Gasteiger charge is -2.24. The predicted octanol–water partition coefficient (Wildman–Crippen LogP) is 2.37. The quantitative estimate of drug-likeness (QED) is 0.613. The summed E-state index contributed by atoms with van der Waals surface area (Å²) in [6.07, 6.45) is 2.43. The van der Waals surface area contributed by atoms with Crippen LogP contribution in [-0.2, 0) is 6.54 Å². The van der Waals surface area contributed by atoms with Crippen molar-refractivity contribution >= 4 is 34.1 Å². The Morgan fingerprint density at radius 3 is 2.95 bits per heavy atom. The molecule has 0 fully saturated rings. The molecule has 1 aromatic carbocycles. The summed E-state index contributed by atoms with van der Waals surface area (Å²) in [5.74, 6) is 0.721. The van der Waals surface area contributed by atoms with Crippen LogP contribution in [0.15, 0.2) is 35.4 Å². The molecular weight excluding hydrogens is 367 g/mol. The molecule has 0 aliphatic carbocycles. The standard InChI is InChI=1S/C14H17IN4O/c1-2-6-19(8-10-4-3-5-11(16)7-10)13-12(15)14(20)18-9-17-13/h3-5,7,9H,2,6,8,16H2,1H3,(H,17,18,20). The summed E-state index contributed by atoms with van der Waals surface area (Å²) in [6, 6.07) is 7.77. The maximum Gasteiger partial charge on any atom is 0.266 e. The molecule has 0 radical (unpaired) electrons. The van der Waals surface area contributed by atoms with Crippen molar-refractivity contribution < 1.29 is 0 Å². The van der Waals surface area contributed by atoms with Gasteiger partial charge in [-0.1, -0.05) is 19.1 Å². The van der Waals surface area contributed by atoms with Crippen LogP contribution in [0.1, 0.15) is 18.9 Å². The topological polar surface area (TPSA) is 75.0 Å². The summed E-state index contributed by atoms with van der Waals surface area (Å²) in [5, 5.41) is 0. The van der Waals surface area contributed by atoms with E-state index in [1.54, 1.807) is 0 Å². The number of anilines is 2. The Morgan fingerprint density at radius 1 is 1.45 bits per heavy atom. The van der Waals surface area contributed by atoms with Crippen molar-refractivity contribution in [3.8, 4) is 0 Å². The predicted molar refractivity (Wildman–Crippen MR) is 89.8 cm³/mol. The highest BCUT2D eigenvalue weighted by Gasteiger charge is 2.13. The molecule has 106 valence electrons. The number of halogens is 1. The van der Waals surface area contributed by atoms with E-state index in [0.29, 0.717) is 10.1 Å². The second kappa shape index (κ2) is 6.74. The second-order valence-corrected chi connectivity index (χ2v) is 5.61. The number of aromatic nitrogens is 2. The Kier molecular flexibility index (Phi) is 4.99. The van der Waals surface area contributed by atoms with Crippen molar-refractivity contribution in [1.82, 2.24) is 9.97 Å². The molecule has 6 heteroatoms. The Hall–Kier alpha value is -1.57. The van der Waals surface area contributed by atoms with Gasteiger partial charge in [-0.2, -0.15) is 0 Å². The zero-order valence-electron chi connectivity index (χ0n) is 11.3. The Bertz CT molecular complexity index is 641. The number of hydrogen-bond donors (Lipinski definition) is 2. The minimum Gasteiger partial charge on any atom is -0.399 e. The Balaban J connectivity index is 2.31. The van der Waals surface area contributed by atoms with Crippen LogP contribution in [0.3, 0.4) is 0 Å². The molecule has 0 saturated carbocycles. The van der Waals surface area contributed by atoms with Gasteiger partial charge in [0.15, 0.2) is 0 Å². The van der Waals surface area contributed by atoms with Gasteiger partial charge < -0.3 is 15.6 Å². The molecule has 2 aromatic rings. The van der Waals surface area contributed by atoms with Crippen LogP contribution in [0.2, 0.25) is 0 Å². The smallest absolute Gasteiger partial charge is 0.266 e. The third-order valence-corrected chi connectivity index (χ3v) is 3.87. The number of H-pyrrole nitrogens is 1. The van der Waals surface area contributed by atoms with E-state index in [9.17, 15) is 4.79 Å². The molecule has 0 atom stereocenters. The largest absolute Gasteiger partial charge is 0.399 e. The van der Waals surface area contributed by atoms with Gasteiger partial charge in [-0.05, 0) is 46.7 Å². The van der Waals surface area contributed by atoms with Gasteiger partial charge in [0.05, 0.1) is 6.33 Å². The van der Waals surface area contributed by atoms with E-state index in [2.05, 4.69) is 21.8 Å². The van der Waals surface area contributed by atoms with Crippen LogP contribution < -0.4 is 16.2 Å². The number of nitrogens with two attached hydrogens (primary N) is 1. The van der Waals surface area contributed by atoms with Gasteiger partial charge in [0.1, 0.15) is 9.39 Å². The summed E-state index contributed by atoms with van der Waals surface area (Å²) in [7, 11) is 0. The van der Waals surface area contributed by atoms with Crippen molar-refractivity contribution in [2.24, 2.45) is 0 Å². The summed E-state index contributed by atoms with van der Waals surface area (Å²) in [4.78, 5) is 20.7. The van der Waals surface area contributed by atoms with E-state index < -0.39 is 0 Å². The molecule has 0 amide bonds.